The van der Waals surface area contributed by atoms with Crippen LogP contribution in [0.4, 0.5) is 0 Å². The molecule has 2 saturated heterocycles. The van der Waals surface area contributed by atoms with Gasteiger partial charge in [-0.3, -0.25) is 4.79 Å². The van der Waals surface area contributed by atoms with Crippen LogP contribution in [0.1, 0.15) is 53.4 Å². The van der Waals surface area contributed by atoms with Crippen LogP contribution in [0.25, 0.3) is 0 Å². The lowest BCUT2D eigenvalue weighted by atomic mass is 9.63. The van der Waals surface area contributed by atoms with E-state index >= 15 is 0 Å². The zero-order chi connectivity index (χ0) is 19.9. The van der Waals surface area contributed by atoms with Crippen LogP contribution in [-0.4, -0.2) is 43.1 Å². The van der Waals surface area contributed by atoms with E-state index in [1.807, 2.05) is 0 Å². The maximum absolute atomic E-state index is 12.9. The summed E-state index contributed by atoms with van der Waals surface area (Å²) in [5.74, 6) is 0.278. The predicted octanol–water partition coefficient (Wildman–Crippen LogP) is 4.09. The van der Waals surface area contributed by atoms with Crippen LogP contribution < -0.4 is 0 Å². The maximum Gasteiger partial charge on any atom is 0.192 e. The van der Waals surface area contributed by atoms with Crippen LogP contribution in [-0.2, 0) is 14.0 Å². The molecule has 1 spiro atoms. The van der Waals surface area contributed by atoms with Crippen molar-refractivity contribution in [3.05, 3.63) is 12.2 Å². The lowest BCUT2D eigenvalue weighted by molar-refractivity contribution is -0.189. The molecule has 2 saturated carbocycles. The highest BCUT2D eigenvalue weighted by Crippen LogP contribution is 2.63. The Kier molecular flexibility index (Phi) is 4.41. The molecule has 152 valence electrons. The van der Waals surface area contributed by atoms with Gasteiger partial charge in [-0.2, -0.15) is 0 Å². The van der Waals surface area contributed by atoms with Gasteiger partial charge in [0, 0.05) is 18.3 Å². The molecule has 4 fully saturated rings. The predicted molar refractivity (Wildman–Crippen MR) is 108 cm³/mol. The number of rotatable bonds is 2. The highest BCUT2D eigenvalue weighted by molar-refractivity contribution is 6.74. The van der Waals surface area contributed by atoms with Crippen molar-refractivity contribution >= 4 is 14.1 Å². The summed E-state index contributed by atoms with van der Waals surface area (Å²) in [5.41, 5.74) is 0.619. The Morgan fingerprint density at radius 2 is 1.93 bits per heavy atom. The number of carbonyl (C=O) groups excluding carboxylic acids is 1. The molecule has 27 heavy (non-hydrogen) atoms. The second kappa shape index (κ2) is 6.01. The van der Waals surface area contributed by atoms with Gasteiger partial charge in [-0.05, 0) is 43.3 Å². The highest BCUT2D eigenvalue weighted by Gasteiger charge is 2.71. The molecule has 8 atom stereocenters. The average molecular weight is 393 g/mol. The van der Waals surface area contributed by atoms with Gasteiger partial charge in [-0.1, -0.05) is 39.8 Å². The zero-order valence-electron chi connectivity index (χ0n) is 17.7. The van der Waals surface area contributed by atoms with Gasteiger partial charge in [0.25, 0.3) is 0 Å². The number of fused-ring (bicyclic) bond motifs is 4. The number of carbonyl (C=O) groups is 1. The van der Waals surface area contributed by atoms with E-state index in [0.717, 1.165) is 19.3 Å². The Balaban J connectivity index is 1.75. The fourth-order valence-electron chi connectivity index (χ4n) is 6.13. The fraction of sp³-hybridized carbons (Fsp3) is 0.864. The van der Waals surface area contributed by atoms with Crippen molar-refractivity contribution in [2.75, 3.05) is 0 Å². The van der Waals surface area contributed by atoms with E-state index in [0.29, 0.717) is 12.2 Å². The summed E-state index contributed by atoms with van der Waals surface area (Å²) in [6.45, 7) is 17.8. The summed E-state index contributed by atoms with van der Waals surface area (Å²) in [6.07, 6.45) is 2.42. The molecule has 0 aromatic rings. The molecule has 0 aromatic carbocycles. The normalized spacial score (nSPS) is 47.1. The SMILES string of the molecule is C=C1CCC(=O)[C@H]2[C@H]3O[C@]4(CC[C@H](O[Si](C)(C)C(C)(C)C)[C@H]4[C@H]12)[C@H](O)[C@H]3C. The molecule has 4 nitrogen and oxygen atoms in total. The van der Waals surface area contributed by atoms with Gasteiger partial charge in [0.05, 0.1) is 24.2 Å². The Labute approximate surface area is 164 Å². The minimum Gasteiger partial charge on any atom is -0.414 e. The molecule has 5 heteroatoms. The molecule has 4 rings (SSSR count). The molecule has 0 unspecified atom stereocenters. The third-order valence-corrected chi connectivity index (χ3v) is 13.1. The van der Waals surface area contributed by atoms with E-state index in [9.17, 15) is 9.90 Å². The summed E-state index contributed by atoms with van der Waals surface area (Å²) in [4.78, 5) is 12.9. The summed E-state index contributed by atoms with van der Waals surface area (Å²) in [5, 5.41) is 11.3. The van der Waals surface area contributed by atoms with Crippen molar-refractivity contribution in [3.8, 4) is 0 Å². The molecule has 2 bridgehead atoms. The third kappa shape index (κ3) is 2.61. The smallest absolute Gasteiger partial charge is 0.192 e. The first-order valence-corrected chi connectivity index (χ1v) is 13.6. The number of Topliss-reactive ketones (excluding diaryl/α,β-unsaturated/α-hetero) is 1. The Hall–Kier alpha value is -0.493. The van der Waals surface area contributed by atoms with Crippen molar-refractivity contribution in [3.63, 3.8) is 0 Å². The fourth-order valence-corrected chi connectivity index (χ4v) is 7.50. The first-order chi connectivity index (χ1) is 12.4. The van der Waals surface area contributed by atoms with Gasteiger partial charge in [-0.25, -0.2) is 0 Å². The zero-order valence-corrected chi connectivity index (χ0v) is 18.7. The van der Waals surface area contributed by atoms with Gasteiger partial charge >= 0.3 is 0 Å². The second-order valence-corrected chi connectivity index (χ2v) is 15.8. The van der Waals surface area contributed by atoms with E-state index in [4.69, 9.17) is 9.16 Å². The average Bonchev–Trinajstić information content (AvgIpc) is 3.02. The molecule has 0 radical (unpaired) electrons. The van der Waals surface area contributed by atoms with E-state index in [1.165, 1.54) is 5.57 Å². The molecule has 2 aliphatic heterocycles. The van der Waals surface area contributed by atoms with E-state index in [-0.39, 0.29) is 40.9 Å². The lowest BCUT2D eigenvalue weighted by Gasteiger charge is -2.51. The first kappa shape index (κ1) is 19.8. The molecule has 2 heterocycles. The minimum absolute atomic E-state index is 0.0102. The van der Waals surface area contributed by atoms with E-state index in [1.54, 1.807) is 0 Å². The molecular weight excluding hydrogens is 356 g/mol. The number of hydrogen-bond donors (Lipinski definition) is 1. The van der Waals surface area contributed by atoms with Crippen LogP contribution in [0.2, 0.25) is 18.1 Å². The number of aliphatic hydroxyl groups excluding tert-OH is 1. The van der Waals surface area contributed by atoms with Crippen LogP contribution >= 0.6 is 0 Å². The number of allylic oxidation sites excluding steroid dienone is 1. The maximum atomic E-state index is 12.9. The summed E-state index contributed by atoms with van der Waals surface area (Å²) >= 11 is 0. The van der Waals surface area contributed by atoms with Crippen LogP contribution in [0.3, 0.4) is 0 Å². The van der Waals surface area contributed by atoms with Gasteiger partial charge in [-0.15, -0.1) is 0 Å². The standard InChI is InChI=1S/C22H36O4Si/c1-12-8-9-14(23)17-16(12)18-15(26-27(6,7)21(3,4)5)10-11-22(18)20(24)13(2)19(17)25-22/h13,15-20,24H,1,8-11H2,2-7H3/t13-,15-,16+,17+,18-,19-,20+,22-/m0/s1. The van der Waals surface area contributed by atoms with Crippen LogP contribution in [0.15, 0.2) is 12.2 Å². The van der Waals surface area contributed by atoms with Crippen molar-refractivity contribution < 1.29 is 19.1 Å². The van der Waals surface area contributed by atoms with Crippen molar-refractivity contribution in [2.24, 2.45) is 23.7 Å². The van der Waals surface area contributed by atoms with Crippen LogP contribution in [0.5, 0.6) is 0 Å². The van der Waals surface area contributed by atoms with Crippen molar-refractivity contribution in [1.29, 1.82) is 0 Å². The molecule has 0 amide bonds. The summed E-state index contributed by atoms with van der Waals surface area (Å²) in [6, 6.07) is 0. The molecule has 4 aliphatic rings. The lowest BCUT2D eigenvalue weighted by Crippen LogP contribution is -2.58. The van der Waals surface area contributed by atoms with E-state index in [2.05, 4.69) is 47.4 Å². The van der Waals surface area contributed by atoms with Gasteiger partial charge < -0.3 is 14.3 Å². The monoisotopic (exact) mass is 392 g/mol. The third-order valence-electron chi connectivity index (χ3n) is 8.57. The molecular formula is C22H36O4Si. The Morgan fingerprint density at radius 1 is 1.26 bits per heavy atom. The largest absolute Gasteiger partial charge is 0.414 e. The van der Waals surface area contributed by atoms with Gasteiger partial charge in [0.1, 0.15) is 11.4 Å². The molecule has 2 aliphatic carbocycles. The second-order valence-electron chi connectivity index (χ2n) is 11.0. The number of hydrogen-bond acceptors (Lipinski definition) is 4. The van der Waals surface area contributed by atoms with Crippen molar-refractivity contribution in [2.45, 2.75) is 95.4 Å². The topological polar surface area (TPSA) is 55.8 Å². The Bertz CT molecular complexity index is 666. The summed E-state index contributed by atoms with van der Waals surface area (Å²) in [7, 11) is -1.96. The quantitative estimate of drug-likeness (QED) is 0.568. The van der Waals surface area contributed by atoms with Gasteiger partial charge in [0.15, 0.2) is 8.32 Å². The highest BCUT2D eigenvalue weighted by atomic mass is 28.4. The number of ketones is 1. The van der Waals surface area contributed by atoms with Crippen LogP contribution in [0, 0.1) is 23.7 Å². The van der Waals surface area contributed by atoms with E-state index < -0.39 is 20.0 Å². The number of aliphatic hydroxyl groups is 1. The summed E-state index contributed by atoms with van der Waals surface area (Å²) < 4.78 is 13.5. The van der Waals surface area contributed by atoms with Crippen molar-refractivity contribution in [1.82, 2.24) is 0 Å². The molecule has 0 aromatic heterocycles. The Morgan fingerprint density at radius 3 is 2.56 bits per heavy atom. The van der Waals surface area contributed by atoms with Gasteiger partial charge in [0.2, 0.25) is 0 Å². The first-order valence-electron chi connectivity index (χ1n) is 10.6. The number of ether oxygens (including phenoxy) is 1. The molecule has 1 N–H and O–H groups in total. The minimum atomic E-state index is -1.96.